The van der Waals surface area contributed by atoms with Gasteiger partial charge in [0, 0.05) is 37.3 Å². The summed E-state index contributed by atoms with van der Waals surface area (Å²) >= 11 is 0. The predicted octanol–water partition coefficient (Wildman–Crippen LogP) is 2.64. The predicted molar refractivity (Wildman–Crippen MR) is 110 cm³/mol. The van der Waals surface area contributed by atoms with Crippen molar-refractivity contribution in [1.82, 2.24) is 0 Å². The van der Waals surface area contributed by atoms with Gasteiger partial charge in [0.15, 0.2) is 0 Å². The molecule has 1 fully saturated rings. The van der Waals surface area contributed by atoms with Crippen LogP contribution >= 0.6 is 0 Å². The van der Waals surface area contributed by atoms with E-state index >= 15 is 0 Å². The van der Waals surface area contributed by atoms with Crippen molar-refractivity contribution < 1.29 is 42.9 Å². The van der Waals surface area contributed by atoms with Crippen LogP contribution in [0.25, 0.3) is 0 Å². The summed E-state index contributed by atoms with van der Waals surface area (Å²) in [7, 11) is 0. The van der Waals surface area contributed by atoms with Gasteiger partial charge in [0.25, 0.3) is 0 Å². The van der Waals surface area contributed by atoms with E-state index in [-0.39, 0.29) is 29.9 Å². The normalized spacial score (nSPS) is 33.0. The van der Waals surface area contributed by atoms with Gasteiger partial charge in [-0.3, -0.25) is 9.59 Å². The first-order chi connectivity index (χ1) is 14.9. The molecule has 0 aromatic carbocycles. The minimum absolute atomic E-state index is 0.0843. The smallest absolute Gasteiger partial charge is 0.343 e. The first-order valence-electron chi connectivity index (χ1n) is 10.4. The molecule has 0 amide bonds. The molecule has 4 atom stereocenters. The van der Waals surface area contributed by atoms with Gasteiger partial charge in [0.2, 0.25) is 5.79 Å². The third-order valence-corrected chi connectivity index (χ3v) is 5.83. The summed E-state index contributed by atoms with van der Waals surface area (Å²) in [5, 5.41) is 0. The molecule has 1 saturated heterocycles. The van der Waals surface area contributed by atoms with Gasteiger partial charge in [-0.15, -0.1) is 0 Å². The van der Waals surface area contributed by atoms with Gasteiger partial charge in [0.1, 0.15) is 18.5 Å². The fourth-order valence-electron chi connectivity index (χ4n) is 4.26. The summed E-state index contributed by atoms with van der Waals surface area (Å²) in [5.41, 5.74) is -0.335. The lowest BCUT2D eigenvalue weighted by Gasteiger charge is -2.36. The molecule has 0 unspecified atom stereocenters. The van der Waals surface area contributed by atoms with Crippen LogP contribution < -0.4 is 0 Å². The number of fused-ring (bicyclic) bond motifs is 3. The standard InChI is InChI=1S/C23H28O9/c1-12(2)20(26)29-17-9-13(3)23(31-15(5)25)8-7-22(6,32-23)10-18-19(17)16(21(27)30-18)11-28-14(4)24/h10,13,17H,1,7-9,11H2,2-6H3/b18-10+/t13-,17+,22-,23-/m0/s1. The number of ether oxygens (including phenoxy) is 5. The van der Waals surface area contributed by atoms with Gasteiger partial charge in [-0.2, -0.15) is 0 Å². The van der Waals surface area contributed by atoms with Crippen LogP contribution in [-0.4, -0.2) is 48.0 Å². The second-order valence-corrected chi connectivity index (χ2v) is 8.70. The summed E-state index contributed by atoms with van der Waals surface area (Å²) < 4.78 is 28.2. The van der Waals surface area contributed by atoms with Crippen molar-refractivity contribution in [2.45, 2.75) is 71.4 Å². The Labute approximate surface area is 186 Å². The fourth-order valence-corrected chi connectivity index (χ4v) is 4.26. The van der Waals surface area contributed by atoms with Gasteiger partial charge in [0.05, 0.1) is 11.2 Å². The van der Waals surface area contributed by atoms with Crippen molar-refractivity contribution in [2.75, 3.05) is 6.61 Å². The average Bonchev–Trinajstić information content (AvgIpc) is 3.15. The highest BCUT2D eigenvalue weighted by atomic mass is 16.7. The van der Waals surface area contributed by atoms with Crippen molar-refractivity contribution in [3.8, 4) is 0 Å². The molecule has 0 radical (unpaired) electrons. The Balaban J connectivity index is 2.14. The molecule has 0 aromatic heterocycles. The van der Waals surface area contributed by atoms with E-state index in [1.54, 1.807) is 13.0 Å². The number of hydrogen-bond donors (Lipinski definition) is 0. The van der Waals surface area contributed by atoms with Crippen LogP contribution in [-0.2, 0) is 42.9 Å². The molecule has 3 aliphatic heterocycles. The highest BCUT2D eigenvalue weighted by molar-refractivity contribution is 5.96. The number of hydrogen-bond acceptors (Lipinski definition) is 9. The SMILES string of the molecule is C=C(C)C(=O)O[C@@H]1C[C@H](C)[C@]2(OC(C)=O)CC[C@@](C)(/C=C3/OC(=O)C(COC(C)=O)=C31)O2. The number of esters is 4. The summed E-state index contributed by atoms with van der Waals surface area (Å²) in [6, 6.07) is 0. The summed E-state index contributed by atoms with van der Waals surface area (Å²) in [4.78, 5) is 48.3. The van der Waals surface area contributed by atoms with Crippen LogP contribution in [0.1, 0.15) is 53.9 Å². The van der Waals surface area contributed by atoms with Gasteiger partial charge >= 0.3 is 23.9 Å². The molecule has 0 aromatic rings. The summed E-state index contributed by atoms with van der Waals surface area (Å²) in [6.07, 6.45) is 1.77. The molecule has 3 heterocycles. The van der Waals surface area contributed by atoms with Crippen LogP contribution in [0.5, 0.6) is 0 Å². The second kappa shape index (κ2) is 8.54. The zero-order valence-electron chi connectivity index (χ0n) is 18.9. The first-order valence-corrected chi connectivity index (χ1v) is 10.4. The minimum atomic E-state index is -1.23. The molecule has 3 aliphatic rings. The molecule has 2 bridgehead atoms. The van der Waals surface area contributed by atoms with Crippen molar-refractivity contribution in [3.63, 3.8) is 0 Å². The van der Waals surface area contributed by atoms with E-state index in [0.29, 0.717) is 18.4 Å². The molecule has 0 aliphatic carbocycles. The highest BCUT2D eigenvalue weighted by Gasteiger charge is 2.55. The molecule has 9 heteroatoms. The Kier molecular flexibility index (Phi) is 6.33. The lowest BCUT2D eigenvalue weighted by molar-refractivity contribution is -0.256. The zero-order chi connectivity index (χ0) is 23.8. The molecule has 0 spiro atoms. The minimum Gasteiger partial charge on any atom is -0.461 e. The van der Waals surface area contributed by atoms with Gasteiger partial charge in [-0.05, 0) is 32.8 Å². The summed E-state index contributed by atoms with van der Waals surface area (Å²) in [5.74, 6) is -3.88. The molecule has 9 nitrogen and oxygen atoms in total. The Morgan fingerprint density at radius 3 is 2.47 bits per heavy atom. The Hall–Kier alpha value is -2.94. The van der Waals surface area contributed by atoms with E-state index in [1.807, 2.05) is 6.92 Å². The van der Waals surface area contributed by atoms with Crippen LogP contribution in [0.2, 0.25) is 0 Å². The Morgan fingerprint density at radius 1 is 1.19 bits per heavy atom. The fraction of sp³-hybridized carbons (Fsp3) is 0.565. The van der Waals surface area contributed by atoms with Crippen LogP contribution in [0, 0.1) is 5.92 Å². The van der Waals surface area contributed by atoms with Crippen molar-refractivity contribution in [3.05, 3.63) is 35.1 Å². The van der Waals surface area contributed by atoms with Crippen LogP contribution in [0.3, 0.4) is 0 Å². The van der Waals surface area contributed by atoms with Gasteiger partial charge in [-0.1, -0.05) is 13.5 Å². The lowest BCUT2D eigenvalue weighted by Crippen LogP contribution is -2.44. The van der Waals surface area contributed by atoms with Crippen molar-refractivity contribution in [2.24, 2.45) is 5.92 Å². The van der Waals surface area contributed by atoms with Gasteiger partial charge < -0.3 is 23.7 Å². The number of carbonyl (C=O) groups is 4. The highest BCUT2D eigenvalue weighted by Crippen LogP contribution is 2.49. The van der Waals surface area contributed by atoms with Crippen molar-refractivity contribution in [1.29, 1.82) is 0 Å². The first kappa shape index (κ1) is 23.7. The molecule has 0 saturated carbocycles. The van der Waals surface area contributed by atoms with E-state index in [1.165, 1.54) is 20.8 Å². The van der Waals surface area contributed by atoms with E-state index < -0.39 is 47.3 Å². The van der Waals surface area contributed by atoms with E-state index in [2.05, 4.69) is 6.58 Å². The lowest BCUT2D eigenvalue weighted by atomic mass is 9.85. The molecule has 0 N–H and O–H groups in total. The maximum Gasteiger partial charge on any atom is 0.343 e. The third kappa shape index (κ3) is 4.62. The Bertz CT molecular complexity index is 943. The second-order valence-electron chi connectivity index (χ2n) is 8.70. The maximum atomic E-state index is 12.6. The van der Waals surface area contributed by atoms with E-state index in [0.717, 1.165) is 0 Å². The van der Waals surface area contributed by atoms with Crippen LogP contribution in [0.4, 0.5) is 0 Å². The quantitative estimate of drug-likeness (QED) is 0.356. The molecular formula is C23H28O9. The molecule has 174 valence electrons. The zero-order valence-corrected chi connectivity index (χ0v) is 18.9. The summed E-state index contributed by atoms with van der Waals surface area (Å²) in [6.45, 7) is 10.9. The van der Waals surface area contributed by atoms with Crippen molar-refractivity contribution >= 4 is 23.9 Å². The molecule has 3 rings (SSSR count). The third-order valence-electron chi connectivity index (χ3n) is 5.83. The average molecular weight is 448 g/mol. The van der Waals surface area contributed by atoms with E-state index in [4.69, 9.17) is 23.7 Å². The topological polar surface area (TPSA) is 114 Å². The van der Waals surface area contributed by atoms with Gasteiger partial charge in [-0.25, -0.2) is 9.59 Å². The number of rotatable bonds is 5. The largest absolute Gasteiger partial charge is 0.461 e. The monoisotopic (exact) mass is 448 g/mol. The molecular weight excluding hydrogens is 420 g/mol. The Morgan fingerprint density at radius 2 is 1.88 bits per heavy atom. The van der Waals surface area contributed by atoms with Crippen LogP contribution in [0.15, 0.2) is 35.1 Å². The number of carbonyl (C=O) groups excluding carboxylic acids is 4. The maximum absolute atomic E-state index is 12.6. The molecule has 32 heavy (non-hydrogen) atoms. The van der Waals surface area contributed by atoms with E-state index in [9.17, 15) is 19.2 Å².